The standard InChI is InChI=1S/C22H40N2O2/c1-24-20-19-23-21(24)17-15-13-11-9-7-5-3-2-4-6-8-10-12-14-16-18-22(25)26/h19-20H,2-18H2,1H3,(H,25,26). The number of carboxylic acids is 1. The quantitative estimate of drug-likeness (QED) is 0.311. The van der Waals surface area contributed by atoms with Crippen molar-refractivity contribution in [2.45, 2.75) is 109 Å². The Hall–Kier alpha value is -1.32. The first-order chi connectivity index (χ1) is 12.7. The fourth-order valence-corrected chi connectivity index (χ4v) is 3.49. The van der Waals surface area contributed by atoms with E-state index in [0.717, 1.165) is 19.3 Å². The highest BCUT2D eigenvalue weighted by atomic mass is 16.4. The molecule has 0 amide bonds. The molecule has 4 nitrogen and oxygen atoms in total. The first-order valence-electron chi connectivity index (χ1n) is 10.9. The Bertz CT molecular complexity index is 457. The number of unbranched alkanes of at least 4 members (excludes halogenated alkanes) is 14. The summed E-state index contributed by atoms with van der Waals surface area (Å²) >= 11 is 0. The van der Waals surface area contributed by atoms with E-state index in [-0.39, 0.29) is 0 Å². The summed E-state index contributed by atoms with van der Waals surface area (Å²) in [5.41, 5.74) is 0. The van der Waals surface area contributed by atoms with Gasteiger partial charge in [0, 0.05) is 32.3 Å². The molecule has 0 bridgehead atoms. The Morgan fingerprint density at radius 3 is 1.62 bits per heavy atom. The minimum absolute atomic E-state index is 0.337. The molecule has 4 heteroatoms. The summed E-state index contributed by atoms with van der Waals surface area (Å²) in [6, 6.07) is 0. The van der Waals surface area contributed by atoms with Crippen LogP contribution >= 0.6 is 0 Å². The summed E-state index contributed by atoms with van der Waals surface area (Å²) in [7, 11) is 2.07. The molecule has 0 aliphatic heterocycles. The molecule has 0 spiro atoms. The smallest absolute Gasteiger partial charge is 0.303 e. The predicted molar refractivity (Wildman–Crippen MR) is 108 cm³/mol. The topological polar surface area (TPSA) is 55.1 Å². The summed E-state index contributed by atoms with van der Waals surface area (Å²) in [5, 5.41) is 8.57. The second-order valence-electron chi connectivity index (χ2n) is 7.65. The predicted octanol–water partition coefficient (Wildman–Crippen LogP) is 6.29. The number of aryl methyl sites for hydroxylation is 2. The molecule has 0 aliphatic carbocycles. The normalized spacial score (nSPS) is 11.1. The first-order valence-corrected chi connectivity index (χ1v) is 10.9. The van der Waals surface area contributed by atoms with E-state index in [0.29, 0.717) is 6.42 Å². The summed E-state index contributed by atoms with van der Waals surface area (Å²) in [4.78, 5) is 14.8. The average molecular weight is 365 g/mol. The van der Waals surface area contributed by atoms with Crippen molar-refractivity contribution in [2.24, 2.45) is 7.05 Å². The van der Waals surface area contributed by atoms with E-state index in [1.54, 1.807) is 0 Å². The van der Waals surface area contributed by atoms with E-state index in [9.17, 15) is 4.79 Å². The molecule has 1 N–H and O–H groups in total. The van der Waals surface area contributed by atoms with Crippen LogP contribution in [0.5, 0.6) is 0 Å². The van der Waals surface area contributed by atoms with Crippen molar-refractivity contribution >= 4 is 5.97 Å². The molecule has 0 atom stereocenters. The van der Waals surface area contributed by atoms with Crippen molar-refractivity contribution in [3.8, 4) is 0 Å². The van der Waals surface area contributed by atoms with Gasteiger partial charge in [-0.25, -0.2) is 4.98 Å². The fraction of sp³-hybridized carbons (Fsp3) is 0.818. The van der Waals surface area contributed by atoms with Crippen LogP contribution in [0.15, 0.2) is 12.4 Å². The van der Waals surface area contributed by atoms with Gasteiger partial charge in [0.05, 0.1) is 0 Å². The van der Waals surface area contributed by atoms with Crippen LogP contribution in [0.3, 0.4) is 0 Å². The molecule has 1 aromatic heterocycles. The van der Waals surface area contributed by atoms with Crippen LogP contribution in [-0.2, 0) is 18.3 Å². The monoisotopic (exact) mass is 364 g/mol. The summed E-state index contributed by atoms with van der Waals surface area (Å²) in [6.07, 6.45) is 24.7. The van der Waals surface area contributed by atoms with Gasteiger partial charge < -0.3 is 9.67 Å². The number of hydrogen-bond acceptors (Lipinski definition) is 2. The maximum atomic E-state index is 10.4. The van der Waals surface area contributed by atoms with Crippen LogP contribution in [0, 0.1) is 0 Å². The van der Waals surface area contributed by atoms with Gasteiger partial charge in [-0.2, -0.15) is 0 Å². The highest BCUT2D eigenvalue weighted by Crippen LogP contribution is 2.14. The zero-order valence-electron chi connectivity index (χ0n) is 16.9. The Morgan fingerprint density at radius 1 is 0.808 bits per heavy atom. The Morgan fingerprint density at radius 2 is 1.23 bits per heavy atom. The zero-order valence-corrected chi connectivity index (χ0v) is 16.9. The minimum atomic E-state index is -0.658. The lowest BCUT2D eigenvalue weighted by Crippen LogP contribution is -1.97. The molecule has 0 unspecified atom stereocenters. The average Bonchev–Trinajstić information content (AvgIpc) is 3.02. The lowest BCUT2D eigenvalue weighted by molar-refractivity contribution is -0.137. The molecule has 0 saturated heterocycles. The van der Waals surface area contributed by atoms with Gasteiger partial charge >= 0.3 is 5.97 Å². The van der Waals surface area contributed by atoms with Crippen molar-refractivity contribution in [3.63, 3.8) is 0 Å². The molecule has 150 valence electrons. The van der Waals surface area contributed by atoms with Crippen LogP contribution in [0.25, 0.3) is 0 Å². The molecule has 1 aromatic rings. The SMILES string of the molecule is Cn1ccnc1CCCCCCCCCCCCCCCCCC(=O)O. The summed E-state index contributed by atoms with van der Waals surface area (Å²) in [5.74, 6) is 0.555. The number of aromatic nitrogens is 2. The number of nitrogens with zero attached hydrogens (tertiary/aromatic N) is 2. The van der Waals surface area contributed by atoms with Gasteiger partial charge in [-0.1, -0.05) is 83.5 Å². The van der Waals surface area contributed by atoms with Crippen molar-refractivity contribution in [1.29, 1.82) is 0 Å². The number of carboxylic acid groups (broad SMARTS) is 1. The van der Waals surface area contributed by atoms with Crippen LogP contribution < -0.4 is 0 Å². The number of rotatable bonds is 18. The Balaban J connectivity index is 1.71. The molecule has 1 heterocycles. The first kappa shape index (κ1) is 22.7. The molecular formula is C22H40N2O2. The maximum absolute atomic E-state index is 10.4. The molecule has 26 heavy (non-hydrogen) atoms. The molecule has 0 fully saturated rings. The third-order valence-electron chi connectivity index (χ3n) is 5.21. The Labute approximate surface area is 160 Å². The second-order valence-corrected chi connectivity index (χ2v) is 7.65. The van der Waals surface area contributed by atoms with Crippen molar-refractivity contribution in [2.75, 3.05) is 0 Å². The van der Waals surface area contributed by atoms with Crippen molar-refractivity contribution < 1.29 is 9.90 Å². The molecule has 1 rings (SSSR count). The van der Waals surface area contributed by atoms with E-state index in [1.165, 1.54) is 89.3 Å². The van der Waals surface area contributed by atoms with Gasteiger partial charge in [0.1, 0.15) is 5.82 Å². The van der Waals surface area contributed by atoms with Crippen molar-refractivity contribution in [3.05, 3.63) is 18.2 Å². The van der Waals surface area contributed by atoms with E-state index in [4.69, 9.17) is 5.11 Å². The summed E-state index contributed by atoms with van der Waals surface area (Å²) in [6.45, 7) is 0. The van der Waals surface area contributed by atoms with E-state index in [1.807, 2.05) is 12.4 Å². The lowest BCUT2D eigenvalue weighted by Gasteiger charge is -2.04. The number of carbonyl (C=O) groups is 1. The highest BCUT2D eigenvalue weighted by Gasteiger charge is 1.99. The zero-order chi connectivity index (χ0) is 18.9. The molecule has 0 aromatic carbocycles. The van der Waals surface area contributed by atoms with Crippen molar-refractivity contribution in [1.82, 2.24) is 9.55 Å². The second kappa shape index (κ2) is 15.9. The Kier molecular flexibility index (Phi) is 13.9. The highest BCUT2D eigenvalue weighted by molar-refractivity contribution is 5.66. The third-order valence-corrected chi connectivity index (χ3v) is 5.21. The largest absolute Gasteiger partial charge is 0.481 e. The van der Waals surface area contributed by atoms with Gasteiger partial charge in [-0.05, 0) is 12.8 Å². The van der Waals surface area contributed by atoms with E-state index >= 15 is 0 Å². The number of hydrogen-bond donors (Lipinski definition) is 1. The lowest BCUT2D eigenvalue weighted by atomic mass is 10.0. The van der Waals surface area contributed by atoms with Gasteiger partial charge in [0.15, 0.2) is 0 Å². The fourth-order valence-electron chi connectivity index (χ4n) is 3.49. The van der Waals surface area contributed by atoms with Gasteiger partial charge in [0.2, 0.25) is 0 Å². The van der Waals surface area contributed by atoms with Crippen LogP contribution in [-0.4, -0.2) is 20.6 Å². The van der Waals surface area contributed by atoms with Crippen LogP contribution in [0.1, 0.15) is 109 Å². The van der Waals surface area contributed by atoms with Crippen LogP contribution in [0.2, 0.25) is 0 Å². The molecule has 0 aliphatic rings. The maximum Gasteiger partial charge on any atom is 0.303 e. The number of imidazole rings is 1. The number of aliphatic carboxylic acids is 1. The summed E-state index contributed by atoms with van der Waals surface area (Å²) < 4.78 is 2.12. The van der Waals surface area contributed by atoms with Gasteiger partial charge in [0.25, 0.3) is 0 Å². The molecule has 0 radical (unpaired) electrons. The van der Waals surface area contributed by atoms with Crippen LogP contribution in [0.4, 0.5) is 0 Å². The minimum Gasteiger partial charge on any atom is -0.481 e. The van der Waals surface area contributed by atoms with Gasteiger partial charge in [-0.15, -0.1) is 0 Å². The molecule has 0 saturated carbocycles. The third kappa shape index (κ3) is 13.0. The van der Waals surface area contributed by atoms with Gasteiger partial charge in [-0.3, -0.25) is 4.79 Å². The van der Waals surface area contributed by atoms with E-state index in [2.05, 4.69) is 16.6 Å². The van der Waals surface area contributed by atoms with E-state index < -0.39 is 5.97 Å². The molecular weight excluding hydrogens is 324 g/mol.